The number of nitrogens with two attached hydrogens (primary N) is 1. The predicted molar refractivity (Wildman–Crippen MR) is 80.3 cm³/mol. The number of hydrogen-bond donors (Lipinski definition) is 2. The molecule has 1 rings (SSSR count). The molecular weight excluding hydrogens is 238 g/mol. The SMILES string of the molecule is CCCCNC(=O)N(c1ccc(CN)cc1)C(C)C. The fraction of sp³-hybridized carbons (Fsp3) is 0.533. The monoisotopic (exact) mass is 263 g/mol. The number of anilines is 1. The lowest BCUT2D eigenvalue weighted by molar-refractivity contribution is 0.244. The van der Waals surface area contributed by atoms with E-state index < -0.39 is 0 Å². The Balaban J connectivity index is 2.78. The summed E-state index contributed by atoms with van der Waals surface area (Å²) >= 11 is 0. The lowest BCUT2D eigenvalue weighted by atomic mass is 10.2. The Kier molecular flexibility index (Phi) is 6.36. The van der Waals surface area contributed by atoms with E-state index in [0.29, 0.717) is 6.54 Å². The Hall–Kier alpha value is -1.55. The molecule has 19 heavy (non-hydrogen) atoms. The summed E-state index contributed by atoms with van der Waals surface area (Å²) in [6.45, 7) is 7.37. The number of rotatable bonds is 6. The Bertz CT molecular complexity index is 387. The van der Waals surface area contributed by atoms with Crippen LogP contribution in [0.25, 0.3) is 0 Å². The van der Waals surface area contributed by atoms with Crippen molar-refractivity contribution in [1.29, 1.82) is 0 Å². The average molecular weight is 263 g/mol. The van der Waals surface area contributed by atoms with Crippen molar-refractivity contribution in [2.75, 3.05) is 11.4 Å². The zero-order valence-corrected chi connectivity index (χ0v) is 12.1. The lowest BCUT2D eigenvalue weighted by Crippen LogP contribution is -2.44. The van der Waals surface area contributed by atoms with Gasteiger partial charge in [0, 0.05) is 24.8 Å². The van der Waals surface area contributed by atoms with Crippen LogP contribution < -0.4 is 16.0 Å². The maximum absolute atomic E-state index is 12.2. The van der Waals surface area contributed by atoms with E-state index >= 15 is 0 Å². The van der Waals surface area contributed by atoms with Crippen LogP contribution in [0.15, 0.2) is 24.3 Å². The number of carbonyl (C=O) groups excluding carboxylic acids is 1. The molecule has 4 heteroatoms. The normalized spacial score (nSPS) is 10.6. The molecule has 0 atom stereocenters. The van der Waals surface area contributed by atoms with Crippen LogP contribution in [0.1, 0.15) is 39.2 Å². The van der Waals surface area contributed by atoms with E-state index in [4.69, 9.17) is 5.73 Å². The highest BCUT2D eigenvalue weighted by Crippen LogP contribution is 2.18. The largest absolute Gasteiger partial charge is 0.338 e. The van der Waals surface area contributed by atoms with Gasteiger partial charge in [0.05, 0.1) is 0 Å². The first-order valence-corrected chi connectivity index (χ1v) is 6.96. The van der Waals surface area contributed by atoms with Gasteiger partial charge in [0.1, 0.15) is 0 Å². The predicted octanol–water partition coefficient (Wildman–Crippen LogP) is 2.87. The molecule has 106 valence electrons. The molecule has 0 radical (unpaired) electrons. The molecule has 1 aromatic rings. The van der Waals surface area contributed by atoms with Crippen LogP contribution in [0, 0.1) is 0 Å². The maximum Gasteiger partial charge on any atom is 0.322 e. The molecule has 0 spiro atoms. The van der Waals surface area contributed by atoms with E-state index in [9.17, 15) is 4.79 Å². The molecule has 0 unspecified atom stereocenters. The van der Waals surface area contributed by atoms with Gasteiger partial charge in [-0.1, -0.05) is 25.5 Å². The van der Waals surface area contributed by atoms with Crippen LogP contribution in [0.3, 0.4) is 0 Å². The van der Waals surface area contributed by atoms with Crippen LogP contribution >= 0.6 is 0 Å². The molecular formula is C15H25N3O. The second-order valence-corrected chi connectivity index (χ2v) is 4.92. The van der Waals surface area contributed by atoms with Crippen LogP contribution in [-0.2, 0) is 6.54 Å². The van der Waals surface area contributed by atoms with Crippen LogP contribution in [0.2, 0.25) is 0 Å². The van der Waals surface area contributed by atoms with E-state index in [1.165, 1.54) is 0 Å². The van der Waals surface area contributed by atoms with Crippen LogP contribution in [0.5, 0.6) is 0 Å². The third kappa shape index (κ3) is 4.56. The molecule has 0 saturated heterocycles. The standard InChI is InChI=1S/C15H25N3O/c1-4-5-10-17-15(19)18(12(2)3)14-8-6-13(11-16)7-9-14/h6-9,12H,4-5,10-11,16H2,1-3H3,(H,17,19). The second-order valence-electron chi connectivity index (χ2n) is 4.92. The zero-order valence-electron chi connectivity index (χ0n) is 12.1. The number of amides is 2. The lowest BCUT2D eigenvalue weighted by Gasteiger charge is -2.27. The van der Waals surface area contributed by atoms with Crippen LogP contribution in [0.4, 0.5) is 10.5 Å². The van der Waals surface area contributed by atoms with Gasteiger partial charge in [0.25, 0.3) is 0 Å². The van der Waals surface area contributed by atoms with Gasteiger partial charge in [-0.3, -0.25) is 4.90 Å². The van der Waals surface area contributed by atoms with Gasteiger partial charge in [-0.2, -0.15) is 0 Å². The zero-order chi connectivity index (χ0) is 14.3. The van der Waals surface area contributed by atoms with Gasteiger partial charge >= 0.3 is 6.03 Å². The number of benzene rings is 1. The smallest absolute Gasteiger partial charge is 0.322 e. The van der Waals surface area contributed by atoms with Crippen molar-refractivity contribution in [2.24, 2.45) is 5.73 Å². The van der Waals surface area contributed by atoms with Gasteiger partial charge in [0.2, 0.25) is 0 Å². The van der Waals surface area contributed by atoms with Gasteiger partial charge in [0.15, 0.2) is 0 Å². The third-order valence-electron chi connectivity index (χ3n) is 2.99. The fourth-order valence-electron chi connectivity index (χ4n) is 1.90. The van der Waals surface area contributed by atoms with E-state index in [-0.39, 0.29) is 12.1 Å². The number of nitrogens with zero attached hydrogens (tertiary/aromatic N) is 1. The summed E-state index contributed by atoms with van der Waals surface area (Å²) in [5, 5.41) is 2.95. The highest BCUT2D eigenvalue weighted by Gasteiger charge is 2.18. The molecule has 0 aliphatic heterocycles. The number of hydrogen-bond acceptors (Lipinski definition) is 2. The first kappa shape index (κ1) is 15.5. The molecule has 4 nitrogen and oxygen atoms in total. The highest BCUT2D eigenvalue weighted by molar-refractivity contribution is 5.92. The van der Waals surface area contributed by atoms with E-state index in [0.717, 1.165) is 30.6 Å². The third-order valence-corrected chi connectivity index (χ3v) is 2.99. The molecule has 0 bridgehead atoms. The van der Waals surface area contributed by atoms with Crippen molar-refractivity contribution in [2.45, 2.75) is 46.2 Å². The average Bonchev–Trinajstić information content (AvgIpc) is 2.39. The fourth-order valence-corrected chi connectivity index (χ4v) is 1.90. The molecule has 0 heterocycles. The van der Waals surface area contributed by atoms with Crippen molar-refractivity contribution in [3.05, 3.63) is 29.8 Å². The second kappa shape index (κ2) is 7.79. The van der Waals surface area contributed by atoms with Crippen molar-refractivity contribution in [3.8, 4) is 0 Å². The Labute approximate surface area is 116 Å². The Morgan fingerprint density at radius 1 is 1.32 bits per heavy atom. The first-order chi connectivity index (χ1) is 9.10. The quantitative estimate of drug-likeness (QED) is 0.775. The minimum absolute atomic E-state index is 0.0380. The summed E-state index contributed by atoms with van der Waals surface area (Å²) in [6.07, 6.45) is 2.08. The summed E-state index contributed by atoms with van der Waals surface area (Å²) in [4.78, 5) is 14.0. The number of carbonyl (C=O) groups is 1. The van der Waals surface area contributed by atoms with Crippen molar-refractivity contribution < 1.29 is 4.79 Å². The van der Waals surface area contributed by atoms with Crippen LogP contribution in [-0.4, -0.2) is 18.6 Å². The molecule has 0 saturated carbocycles. The number of unbranched alkanes of at least 4 members (excludes halogenated alkanes) is 1. The maximum atomic E-state index is 12.2. The Morgan fingerprint density at radius 3 is 2.42 bits per heavy atom. The Morgan fingerprint density at radius 2 is 1.95 bits per heavy atom. The topological polar surface area (TPSA) is 58.4 Å². The minimum Gasteiger partial charge on any atom is -0.338 e. The molecule has 0 aliphatic rings. The molecule has 0 aromatic heterocycles. The summed E-state index contributed by atoms with van der Waals surface area (Å²) in [5.41, 5.74) is 7.56. The molecule has 2 amide bonds. The van der Waals surface area contributed by atoms with E-state index in [1.807, 2.05) is 38.1 Å². The van der Waals surface area contributed by atoms with Crippen molar-refractivity contribution >= 4 is 11.7 Å². The summed E-state index contributed by atoms with van der Waals surface area (Å²) < 4.78 is 0. The van der Waals surface area contributed by atoms with Gasteiger partial charge in [-0.05, 0) is 38.0 Å². The molecule has 1 aromatic carbocycles. The summed E-state index contributed by atoms with van der Waals surface area (Å²) in [7, 11) is 0. The summed E-state index contributed by atoms with van der Waals surface area (Å²) in [6, 6.07) is 7.89. The van der Waals surface area contributed by atoms with E-state index in [1.54, 1.807) is 4.90 Å². The summed E-state index contributed by atoms with van der Waals surface area (Å²) in [5.74, 6) is 0. The minimum atomic E-state index is -0.0380. The number of urea groups is 1. The van der Waals surface area contributed by atoms with Crippen molar-refractivity contribution in [1.82, 2.24) is 5.32 Å². The molecule has 0 fully saturated rings. The van der Waals surface area contributed by atoms with E-state index in [2.05, 4.69) is 12.2 Å². The van der Waals surface area contributed by atoms with Crippen molar-refractivity contribution in [3.63, 3.8) is 0 Å². The highest BCUT2D eigenvalue weighted by atomic mass is 16.2. The van der Waals surface area contributed by atoms with Gasteiger partial charge in [-0.15, -0.1) is 0 Å². The van der Waals surface area contributed by atoms with Gasteiger partial charge in [-0.25, -0.2) is 4.79 Å². The van der Waals surface area contributed by atoms with Gasteiger partial charge < -0.3 is 11.1 Å². The number of nitrogens with one attached hydrogen (secondary N) is 1. The molecule has 0 aliphatic carbocycles. The molecule has 3 N–H and O–H groups in total. The first-order valence-electron chi connectivity index (χ1n) is 6.96.